The number of hydrogen-bond acceptors (Lipinski definition) is 3. The lowest BCUT2D eigenvalue weighted by molar-refractivity contribution is 0.0909. The van der Waals surface area contributed by atoms with Gasteiger partial charge in [0, 0.05) is 24.7 Å². The van der Waals surface area contributed by atoms with Crippen LogP contribution in [-0.4, -0.2) is 48.1 Å². The van der Waals surface area contributed by atoms with Crippen molar-refractivity contribution < 1.29 is 0 Å². The Morgan fingerprint density at radius 2 is 1.94 bits per heavy atom. The van der Waals surface area contributed by atoms with Crippen molar-refractivity contribution in [2.45, 2.75) is 64.5 Å². The minimum absolute atomic E-state index is 0.296. The molecule has 1 unspecified atom stereocenters. The molecule has 0 saturated carbocycles. The molecule has 1 aliphatic heterocycles. The van der Waals surface area contributed by atoms with Crippen molar-refractivity contribution in [2.24, 2.45) is 0 Å². The molecule has 18 heavy (non-hydrogen) atoms. The first-order chi connectivity index (χ1) is 8.59. The van der Waals surface area contributed by atoms with E-state index in [-0.39, 0.29) is 0 Å². The van der Waals surface area contributed by atoms with E-state index in [1.165, 1.54) is 50.9 Å². The first-order valence-corrected chi connectivity index (χ1v) is 8.96. The van der Waals surface area contributed by atoms with Crippen LogP contribution < -0.4 is 5.32 Å². The van der Waals surface area contributed by atoms with Gasteiger partial charge in [-0.05, 0) is 51.7 Å². The molecule has 2 nitrogen and oxygen atoms in total. The molecule has 1 atom stereocenters. The summed E-state index contributed by atoms with van der Waals surface area (Å²) < 4.78 is 0. The van der Waals surface area contributed by atoms with Gasteiger partial charge in [0.1, 0.15) is 0 Å². The molecule has 0 aliphatic carbocycles. The van der Waals surface area contributed by atoms with E-state index in [1.54, 1.807) is 0 Å². The van der Waals surface area contributed by atoms with Gasteiger partial charge in [-0.15, -0.1) is 0 Å². The third-order valence-corrected chi connectivity index (χ3v) is 4.64. The largest absolute Gasteiger partial charge is 0.309 e. The predicted molar refractivity (Wildman–Crippen MR) is 84.6 cm³/mol. The average molecular weight is 273 g/mol. The van der Waals surface area contributed by atoms with E-state index in [1.807, 2.05) is 11.8 Å². The Kier molecular flexibility index (Phi) is 7.66. The number of nitrogens with one attached hydrogen (secondary N) is 1. The number of piperazine rings is 1. The van der Waals surface area contributed by atoms with Crippen LogP contribution in [0.3, 0.4) is 0 Å². The summed E-state index contributed by atoms with van der Waals surface area (Å²) in [5, 5.41) is 3.66. The van der Waals surface area contributed by atoms with Crippen LogP contribution in [0.1, 0.15) is 52.9 Å². The molecule has 3 heteroatoms. The summed E-state index contributed by atoms with van der Waals surface area (Å²) in [7, 11) is 0. The smallest absolute Gasteiger partial charge is 0.0252 e. The first-order valence-electron chi connectivity index (χ1n) is 7.57. The van der Waals surface area contributed by atoms with Crippen LogP contribution in [0.15, 0.2) is 0 Å². The molecule has 0 aromatic rings. The van der Waals surface area contributed by atoms with Crippen molar-refractivity contribution in [1.82, 2.24) is 10.2 Å². The topological polar surface area (TPSA) is 15.3 Å². The summed E-state index contributed by atoms with van der Waals surface area (Å²) in [6.45, 7) is 10.6. The van der Waals surface area contributed by atoms with Gasteiger partial charge in [-0.3, -0.25) is 4.90 Å². The van der Waals surface area contributed by atoms with Crippen molar-refractivity contribution in [3.63, 3.8) is 0 Å². The van der Waals surface area contributed by atoms with Gasteiger partial charge in [-0.1, -0.05) is 19.8 Å². The summed E-state index contributed by atoms with van der Waals surface area (Å²) >= 11 is 1.97. The van der Waals surface area contributed by atoms with Gasteiger partial charge in [0.15, 0.2) is 0 Å². The molecule has 1 fully saturated rings. The fourth-order valence-corrected chi connectivity index (χ4v) is 3.29. The minimum atomic E-state index is 0.296. The van der Waals surface area contributed by atoms with E-state index in [0.29, 0.717) is 5.54 Å². The molecule has 1 rings (SSSR count). The molecule has 1 aliphatic rings. The quantitative estimate of drug-likeness (QED) is 0.682. The van der Waals surface area contributed by atoms with E-state index < -0.39 is 0 Å². The lowest BCUT2D eigenvalue weighted by atomic mass is 9.97. The maximum Gasteiger partial charge on any atom is 0.0252 e. The van der Waals surface area contributed by atoms with E-state index in [9.17, 15) is 0 Å². The van der Waals surface area contributed by atoms with Gasteiger partial charge in [0.05, 0.1) is 0 Å². The standard InChI is InChI=1S/C15H32N2S/c1-5-14-12-16-15(2,3)13-17(14)10-8-6-7-9-11-18-4/h14,16H,5-13H2,1-4H3. The van der Waals surface area contributed by atoms with Crippen LogP contribution in [-0.2, 0) is 0 Å². The number of rotatable bonds is 8. The van der Waals surface area contributed by atoms with Crippen molar-refractivity contribution >= 4 is 11.8 Å². The highest BCUT2D eigenvalue weighted by molar-refractivity contribution is 7.98. The molecule has 108 valence electrons. The average Bonchev–Trinajstić information content (AvgIpc) is 2.33. The highest BCUT2D eigenvalue weighted by atomic mass is 32.2. The monoisotopic (exact) mass is 272 g/mol. The summed E-state index contributed by atoms with van der Waals surface area (Å²) in [6.07, 6.45) is 9.06. The van der Waals surface area contributed by atoms with Crippen LogP contribution >= 0.6 is 11.8 Å². The molecule has 1 N–H and O–H groups in total. The predicted octanol–water partition coefficient (Wildman–Crippen LogP) is 3.37. The molecule has 1 heterocycles. The molecule has 0 amide bonds. The molecular formula is C15H32N2S. The zero-order chi connectivity index (χ0) is 13.4. The second-order valence-corrected chi connectivity index (χ2v) is 7.19. The Morgan fingerprint density at radius 1 is 1.22 bits per heavy atom. The van der Waals surface area contributed by atoms with Crippen LogP contribution in [0.25, 0.3) is 0 Å². The fraction of sp³-hybridized carbons (Fsp3) is 1.00. The van der Waals surface area contributed by atoms with E-state index in [0.717, 1.165) is 12.6 Å². The zero-order valence-electron chi connectivity index (χ0n) is 12.8. The summed E-state index contributed by atoms with van der Waals surface area (Å²) in [4.78, 5) is 2.71. The number of hydrogen-bond donors (Lipinski definition) is 1. The van der Waals surface area contributed by atoms with Gasteiger partial charge < -0.3 is 5.32 Å². The maximum absolute atomic E-state index is 3.66. The molecule has 0 spiro atoms. The summed E-state index contributed by atoms with van der Waals surface area (Å²) in [5.74, 6) is 1.33. The SMILES string of the molecule is CCC1CNC(C)(C)CN1CCCCCCSC. The summed E-state index contributed by atoms with van der Waals surface area (Å²) in [5.41, 5.74) is 0.296. The lowest BCUT2D eigenvalue weighted by Crippen LogP contribution is -2.61. The van der Waals surface area contributed by atoms with Gasteiger partial charge >= 0.3 is 0 Å². The fourth-order valence-electron chi connectivity index (χ4n) is 2.79. The van der Waals surface area contributed by atoms with Crippen molar-refractivity contribution in [3.8, 4) is 0 Å². The van der Waals surface area contributed by atoms with Crippen molar-refractivity contribution in [1.29, 1.82) is 0 Å². The third kappa shape index (κ3) is 5.94. The molecule has 1 saturated heterocycles. The van der Waals surface area contributed by atoms with E-state index >= 15 is 0 Å². The molecular weight excluding hydrogens is 240 g/mol. The Hall–Kier alpha value is 0.270. The van der Waals surface area contributed by atoms with Gasteiger partial charge in [0.25, 0.3) is 0 Å². The highest BCUT2D eigenvalue weighted by Crippen LogP contribution is 2.18. The van der Waals surface area contributed by atoms with Crippen molar-refractivity contribution in [3.05, 3.63) is 0 Å². The Morgan fingerprint density at radius 3 is 2.61 bits per heavy atom. The van der Waals surface area contributed by atoms with Crippen LogP contribution in [0.2, 0.25) is 0 Å². The molecule has 0 bridgehead atoms. The van der Waals surface area contributed by atoms with Crippen LogP contribution in [0, 0.1) is 0 Å². The second-order valence-electron chi connectivity index (χ2n) is 6.20. The Bertz CT molecular complexity index is 219. The van der Waals surface area contributed by atoms with Gasteiger partial charge in [0.2, 0.25) is 0 Å². The second kappa shape index (κ2) is 8.44. The van der Waals surface area contributed by atoms with Crippen molar-refractivity contribution in [2.75, 3.05) is 31.6 Å². The maximum atomic E-state index is 3.66. The molecule has 0 radical (unpaired) electrons. The van der Waals surface area contributed by atoms with Gasteiger partial charge in [-0.25, -0.2) is 0 Å². The first kappa shape index (κ1) is 16.3. The molecule has 0 aromatic carbocycles. The Labute approximate surface area is 118 Å². The number of thioether (sulfide) groups is 1. The summed E-state index contributed by atoms with van der Waals surface area (Å²) in [6, 6.07) is 0.754. The van der Waals surface area contributed by atoms with Crippen LogP contribution in [0.5, 0.6) is 0 Å². The Balaban J connectivity index is 2.20. The lowest BCUT2D eigenvalue weighted by Gasteiger charge is -2.44. The molecule has 0 aromatic heterocycles. The third-order valence-electron chi connectivity index (χ3n) is 3.95. The van der Waals surface area contributed by atoms with E-state index in [2.05, 4.69) is 37.2 Å². The zero-order valence-corrected chi connectivity index (χ0v) is 13.6. The van der Waals surface area contributed by atoms with E-state index in [4.69, 9.17) is 0 Å². The van der Waals surface area contributed by atoms with Gasteiger partial charge in [-0.2, -0.15) is 11.8 Å². The van der Waals surface area contributed by atoms with Crippen LogP contribution in [0.4, 0.5) is 0 Å². The normalized spacial score (nSPS) is 24.3. The highest BCUT2D eigenvalue weighted by Gasteiger charge is 2.30. The number of unbranched alkanes of at least 4 members (excludes halogenated alkanes) is 3. The number of nitrogens with zero attached hydrogens (tertiary/aromatic N) is 1. The minimum Gasteiger partial charge on any atom is -0.309 e.